The Kier molecular flexibility index (Phi) is 3.39. The number of amides is 1. The van der Waals surface area contributed by atoms with Gasteiger partial charge in [-0.15, -0.1) is 0 Å². The molecule has 1 atom stereocenters. The third-order valence-electron chi connectivity index (χ3n) is 2.36. The minimum Gasteiger partial charge on any atom is -0.342 e. The van der Waals surface area contributed by atoms with Gasteiger partial charge < -0.3 is 4.90 Å². The highest BCUT2D eigenvalue weighted by atomic mass is 19.4. The van der Waals surface area contributed by atoms with Gasteiger partial charge in [0.25, 0.3) is 0 Å². The standard InChI is InChI=1S/C9H14F3NO/c1-7-3-2-4-13(6-7)8(14)5-9(10,11)12/h7H,2-6H2,1H3/t7-/m1/s1. The van der Waals surface area contributed by atoms with E-state index < -0.39 is 18.5 Å². The van der Waals surface area contributed by atoms with E-state index in [9.17, 15) is 18.0 Å². The molecule has 1 saturated heterocycles. The van der Waals surface area contributed by atoms with Gasteiger partial charge in [-0.3, -0.25) is 4.79 Å². The van der Waals surface area contributed by atoms with Gasteiger partial charge in [0.1, 0.15) is 6.42 Å². The Bertz CT molecular complexity index is 215. The smallest absolute Gasteiger partial charge is 0.342 e. The molecular formula is C9H14F3NO. The summed E-state index contributed by atoms with van der Waals surface area (Å²) in [5.41, 5.74) is 0. The summed E-state index contributed by atoms with van der Waals surface area (Å²) in [4.78, 5) is 12.5. The number of hydrogen-bond acceptors (Lipinski definition) is 1. The zero-order chi connectivity index (χ0) is 10.8. The Morgan fingerprint density at radius 3 is 2.64 bits per heavy atom. The van der Waals surface area contributed by atoms with Crippen molar-refractivity contribution < 1.29 is 18.0 Å². The first-order valence-electron chi connectivity index (χ1n) is 4.73. The summed E-state index contributed by atoms with van der Waals surface area (Å²) in [6.07, 6.45) is -3.89. The molecule has 0 radical (unpaired) electrons. The number of alkyl halides is 3. The van der Waals surface area contributed by atoms with Gasteiger partial charge in [-0.2, -0.15) is 13.2 Å². The van der Waals surface area contributed by atoms with Crippen molar-refractivity contribution in [3.63, 3.8) is 0 Å². The highest BCUT2D eigenvalue weighted by Crippen LogP contribution is 2.23. The predicted octanol–water partition coefficient (Wildman–Crippen LogP) is 2.20. The summed E-state index contributed by atoms with van der Waals surface area (Å²) < 4.78 is 35.7. The molecule has 0 bridgehead atoms. The number of carbonyl (C=O) groups excluding carboxylic acids is 1. The van der Waals surface area contributed by atoms with Crippen molar-refractivity contribution in [3.05, 3.63) is 0 Å². The maximum atomic E-state index is 11.9. The van der Waals surface area contributed by atoms with Crippen LogP contribution in [0.2, 0.25) is 0 Å². The number of carbonyl (C=O) groups is 1. The van der Waals surface area contributed by atoms with E-state index in [-0.39, 0.29) is 0 Å². The Hall–Kier alpha value is -0.740. The van der Waals surface area contributed by atoms with Crippen LogP contribution in [0.15, 0.2) is 0 Å². The fraction of sp³-hybridized carbons (Fsp3) is 0.889. The summed E-state index contributed by atoms with van der Waals surface area (Å²) >= 11 is 0. The largest absolute Gasteiger partial charge is 0.397 e. The molecule has 1 fully saturated rings. The quantitative estimate of drug-likeness (QED) is 0.648. The molecule has 14 heavy (non-hydrogen) atoms. The number of nitrogens with zero attached hydrogens (tertiary/aromatic N) is 1. The van der Waals surface area contributed by atoms with Crippen molar-refractivity contribution in [2.75, 3.05) is 13.1 Å². The van der Waals surface area contributed by atoms with E-state index in [1.165, 1.54) is 4.90 Å². The molecule has 0 aliphatic carbocycles. The van der Waals surface area contributed by atoms with Gasteiger partial charge in [0.05, 0.1) is 0 Å². The molecule has 0 aromatic heterocycles. The molecule has 1 amide bonds. The lowest BCUT2D eigenvalue weighted by Gasteiger charge is -2.31. The average molecular weight is 209 g/mol. The number of likely N-dealkylation sites (tertiary alicyclic amines) is 1. The van der Waals surface area contributed by atoms with Gasteiger partial charge in [0.15, 0.2) is 0 Å². The summed E-state index contributed by atoms with van der Waals surface area (Å²) in [7, 11) is 0. The molecule has 0 saturated carbocycles. The maximum absolute atomic E-state index is 11.9. The summed E-state index contributed by atoms with van der Waals surface area (Å²) in [6, 6.07) is 0. The van der Waals surface area contributed by atoms with Gasteiger partial charge in [-0.1, -0.05) is 6.92 Å². The lowest BCUT2D eigenvalue weighted by Crippen LogP contribution is -2.40. The van der Waals surface area contributed by atoms with Crippen LogP contribution in [0.5, 0.6) is 0 Å². The van der Waals surface area contributed by atoms with E-state index in [0.717, 1.165) is 12.8 Å². The molecule has 0 spiro atoms. The second kappa shape index (κ2) is 4.19. The van der Waals surface area contributed by atoms with Crippen LogP contribution in [-0.4, -0.2) is 30.1 Å². The van der Waals surface area contributed by atoms with E-state index in [1.807, 2.05) is 6.92 Å². The first-order chi connectivity index (χ1) is 6.38. The molecule has 2 nitrogen and oxygen atoms in total. The Morgan fingerprint density at radius 2 is 2.14 bits per heavy atom. The number of hydrogen-bond donors (Lipinski definition) is 0. The van der Waals surface area contributed by atoms with Gasteiger partial charge in [0.2, 0.25) is 5.91 Å². The molecular weight excluding hydrogens is 195 g/mol. The normalized spacial score (nSPS) is 23.7. The summed E-state index contributed by atoms with van der Waals surface area (Å²) in [6.45, 7) is 2.89. The van der Waals surface area contributed by atoms with Gasteiger partial charge in [-0.25, -0.2) is 0 Å². The minimum atomic E-state index is -4.38. The number of piperidine rings is 1. The van der Waals surface area contributed by atoms with Crippen molar-refractivity contribution in [3.8, 4) is 0 Å². The summed E-state index contributed by atoms with van der Waals surface area (Å²) in [5, 5.41) is 0. The molecule has 0 aromatic rings. The number of rotatable bonds is 1. The lowest BCUT2D eigenvalue weighted by molar-refractivity contribution is -0.162. The molecule has 1 rings (SSSR count). The zero-order valence-corrected chi connectivity index (χ0v) is 8.10. The van der Waals surface area contributed by atoms with Crippen LogP contribution in [0.4, 0.5) is 13.2 Å². The van der Waals surface area contributed by atoms with Crippen LogP contribution in [0.25, 0.3) is 0 Å². The molecule has 1 aliphatic heterocycles. The van der Waals surface area contributed by atoms with Crippen molar-refractivity contribution in [2.24, 2.45) is 5.92 Å². The van der Waals surface area contributed by atoms with Crippen molar-refractivity contribution in [2.45, 2.75) is 32.4 Å². The highest BCUT2D eigenvalue weighted by molar-refractivity contribution is 5.76. The highest BCUT2D eigenvalue weighted by Gasteiger charge is 2.34. The molecule has 82 valence electrons. The van der Waals surface area contributed by atoms with E-state index in [0.29, 0.717) is 19.0 Å². The van der Waals surface area contributed by atoms with Crippen LogP contribution in [0.1, 0.15) is 26.2 Å². The second-order valence-electron chi connectivity index (χ2n) is 3.88. The fourth-order valence-electron chi connectivity index (χ4n) is 1.70. The van der Waals surface area contributed by atoms with Crippen LogP contribution < -0.4 is 0 Å². The molecule has 1 aliphatic rings. The third kappa shape index (κ3) is 3.55. The van der Waals surface area contributed by atoms with E-state index in [1.54, 1.807) is 0 Å². The van der Waals surface area contributed by atoms with Crippen LogP contribution in [0, 0.1) is 5.92 Å². The van der Waals surface area contributed by atoms with E-state index in [4.69, 9.17) is 0 Å². The molecule has 0 N–H and O–H groups in total. The molecule has 0 unspecified atom stereocenters. The minimum absolute atomic E-state index is 0.320. The van der Waals surface area contributed by atoms with Crippen LogP contribution in [0.3, 0.4) is 0 Å². The average Bonchev–Trinajstić information content (AvgIpc) is 2.01. The maximum Gasteiger partial charge on any atom is 0.397 e. The topological polar surface area (TPSA) is 20.3 Å². The van der Waals surface area contributed by atoms with Crippen molar-refractivity contribution in [1.82, 2.24) is 4.90 Å². The van der Waals surface area contributed by atoms with E-state index in [2.05, 4.69) is 0 Å². The van der Waals surface area contributed by atoms with Crippen LogP contribution >= 0.6 is 0 Å². The molecule has 0 aromatic carbocycles. The predicted molar refractivity (Wildman–Crippen MR) is 45.7 cm³/mol. The molecule has 5 heteroatoms. The van der Waals surface area contributed by atoms with Crippen LogP contribution in [-0.2, 0) is 4.79 Å². The van der Waals surface area contributed by atoms with Gasteiger partial charge >= 0.3 is 6.18 Å². The zero-order valence-electron chi connectivity index (χ0n) is 8.10. The Balaban J connectivity index is 2.44. The second-order valence-corrected chi connectivity index (χ2v) is 3.88. The first-order valence-corrected chi connectivity index (χ1v) is 4.73. The van der Waals surface area contributed by atoms with E-state index >= 15 is 0 Å². The van der Waals surface area contributed by atoms with Crippen molar-refractivity contribution in [1.29, 1.82) is 0 Å². The monoisotopic (exact) mass is 209 g/mol. The van der Waals surface area contributed by atoms with Gasteiger partial charge in [0, 0.05) is 13.1 Å². The lowest BCUT2D eigenvalue weighted by atomic mass is 10.00. The van der Waals surface area contributed by atoms with Gasteiger partial charge in [-0.05, 0) is 18.8 Å². The van der Waals surface area contributed by atoms with Crippen molar-refractivity contribution >= 4 is 5.91 Å². The fourth-order valence-corrected chi connectivity index (χ4v) is 1.70. The summed E-state index contributed by atoms with van der Waals surface area (Å²) in [5.74, 6) is -0.468. The molecule has 1 heterocycles. The first kappa shape index (κ1) is 11.3. The Morgan fingerprint density at radius 1 is 1.50 bits per heavy atom. The SMILES string of the molecule is C[C@@H]1CCCN(C(=O)CC(F)(F)F)C1. The Labute approximate surface area is 81.1 Å². The number of halogens is 3. The third-order valence-corrected chi connectivity index (χ3v) is 2.36.